The van der Waals surface area contributed by atoms with E-state index >= 15 is 0 Å². The minimum atomic E-state index is -1.27. The number of thiazole rings is 1. The predicted molar refractivity (Wildman–Crippen MR) is 112 cm³/mol. The van der Waals surface area contributed by atoms with Crippen LogP contribution in [0.2, 0.25) is 0 Å². The van der Waals surface area contributed by atoms with Crippen LogP contribution in [0.3, 0.4) is 0 Å². The predicted octanol–water partition coefficient (Wildman–Crippen LogP) is 2.90. The van der Waals surface area contributed by atoms with E-state index in [0.29, 0.717) is 5.56 Å². The molecule has 1 aliphatic rings. The summed E-state index contributed by atoms with van der Waals surface area (Å²) in [6.07, 6.45) is 0. The number of rotatable bonds is 5. The third-order valence-corrected chi connectivity index (χ3v) is 5.77. The average molecular weight is 422 g/mol. The van der Waals surface area contributed by atoms with Crippen LogP contribution in [-0.4, -0.2) is 40.1 Å². The minimum absolute atomic E-state index is 0.216. The maximum Gasteiger partial charge on any atom is 0.325 e. The van der Waals surface area contributed by atoms with Gasteiger partial charge < -0.3 is 10.6 Å². The Morgan fingerprint density at radius 2 is 1.90 bits per heavy atom. The van der Waals surface area contributed by atoms with Crippen molar-refractivity contribution in [1.29, 1.82) is 0 Å². The summed E-state index contributed by atoms with van der Waals surface area (Å²) in [5.41, 5.74) is -0.396. The standard InChI is InChI=1S/C21H18N4O4S/c1-12(26)16-11-30-19(22-16)23-17(27)10-25-18(28)21(2,24-20(25)29)15-8-7-13-5-3-4-6-14(13)9-15/h3-9,11H,10H2,1-2H3,(H,24,29)(H,22,23,27). The third-order valence-electron chi connectivity index (χ3n) is 5.01. The van der Waals surface area contributed by atoms with Gasteiger partial charge in [-0.2, -0.15) is 0 Å². The number of carbonyl (C=O) groups excluding carboxylic acids is 4. The van der Waals surface area contributed by atoms with Crippen LogP contribution in [0.1, 0.15) is 29.9 Å². The molecule has 8 nitrogen and oxygen atoms in total. The highest BCUT2D eigenvalue weighted by Crippen LogP contribution is 2.31. The minimum Gasteiger partial charge on any atom is -0.319 e. The summed E-state index contributed by atoms with van der Waals surface area (Å²) < 4.78 is 0. The molecule has 30 heavy (non-hydrogen) atoms. The first-order valence-corrected chi connectivity index (χ1v) is 10.1. The third kappa shape index (κ3) is 3.43. The van der Waals surface area contributed by atoms with E-state index in [1.165, 1.54) is 12.3 Å². The molecule has 1 unspecified atom stereocenters. The molecule has 0 aliphatic carbocycles. The van der Waals surface area contributed by atoms with Gasteiger partial charge >= 0.3 is 6.03 Å². The number of amides is 4. The first kappa shape index (κ1) is 19.7. The van der Waals surface area contributed by atoms with Crippen molar-refractivity contribution in [2.75, 3.05) is 11.9 Å². The monoisotopic (exact) mass is 422 g/mol. The first-order valence-electron chi connectivity index (χ1n) is 9.17. The van der Waals surface area contributed by atoms with E-state index in [-0.39, 0.29) is 16.6 Å². The second-order valence-electron chi connectivity index (χ2n) is 7.15. The number of aromatic nitrogens is 1. The molecule has 2 N–H and O–H groups in total. The summed E-state index contributed by atoms with van der Waals surface area (Å²) in [4.78, 5) is 54.1. The fraction of sp³-hybridized carbons (Fsp3) is 0.190. The Morgan fingerprint density at radius 1 is 1.17 bits per heavy atom. The summed E-state index contributed by atoms with van der Waals surface area (Å²) in [7, 11) is 0. The molecule has 4 rings (SSSR count). The van der Waals surface area contributed by atoms with Gasteiger partial charge in [0.25, 0.3) is 5.91 Å². The number of carbonyl (C=O) groups is 4. The van der Waals surface area contributed by atoms with Crippen molar-refractivity contribution < 1.29 is 19.2 Å². The molecule has 1 fully saturated rings. The highest BCUT2D eigenvalue weighted by Gasteiger charge is 2.49. The number of benzene rings is 2. The Labute approximate surface area is 175 Å². The fourth-order valence-corrected chi connectivity index (χ4v) is 4.10. The zero-order valence-electron chi connectivity index (χ0n) is 16.3. The normalized spacial score (nSPS) is 18.5. The number of nitrogens with zero attached hydrogens (tertiary/aromatic N) is 2. The molecule has 1 aliphatic heterocycles. The molecule has 0 spiro atoms. The maximum absolute atomic E-state index is 13.1. The molecular formula is C21H18N4O4S. The average Bonchev–Trinajstić information content (AvgIpc) is 3.27. The van der Waals surface area contributed by atoms with Gasteiger partial charge in [0.1, 0.15) is 17.8 Å². The molecule has 1 atom stereocenters. The first-order chi connectivity index (χ1) is 14.3. The number of fused-ring (bicyclic) bond motifs is 1. The number of hydrogen-bond donors (Lipinski definition) is 2. The Balaban J connectivity index is 1.52. The molecule has 2 heterocycles. The molecule has 0 radical (unpaired) electrons. The van der Waals surface area contributed by atoms with Gasteiger partial charge in [0.05, 0.1) is 0 Å². The Hall–Kier alpha value is -3.59. The van der Waals surface area contributed by atoms with Crippen LogP contribution in [0.15, 0.2) is 47.8 Å². The molecular weight excluding hydrogens is 404 g/mol. The van der Waals surface area contributed by atoms with Crippen molar-refractivity contribution in [2.45, 2.75) is 19.4 Å². The van der Waals surface area contributed by atoms with Crippen LogP contribution < -0.4 is 10.6 Å². The second kappa shape index (κ2) is 7.34. The zero-order chi connectivity index (χ0) is 21.5. The van der Waals surface area contributed by atoms with Crippen molar-refractivity contribution in [2.24, 2.45) is 0 Å². The van der Waals surface area contributed by atoms with Crippen molar-refractivity contribution in [3.63, 3.8) is 0 Å². The lowest BCUT2D eigenvalue weighted by Gasteiger charge is -2.22. The van der Waals surface area contributed by atoms with Crippen molar-refractivity contribution in [1.82, 2.24) is 15.2 Å². The van der Waals surface area contributed by atoms with Gasteiger partial charge in [0.2, 0.25) is 5.91 Å². The van der Waals surface area contributed by atoms with Crippen molar-refractivity contribution in [3.05, 3.63) is 59.1 Å². The molecule has 0 bridgehead atoms. The summed E-state index contributed by atoms with van der Waals surface area (Å²) in [6, 6.07) is 12.6. The van der Waals surface area contributed by atoms with Crippen LogP contribution in [0.4, 0.5) is 9.93 Å². The van der Waals surface area contributed by atoms with Crippen LogP contribution in [0.5, 0.6) is 0 Å². The van der Waals surface area contributed by atoms with Crippen molar-refractivity contribution >= 4 is 50.9 Å². The maximum atomic E-state index is 13.1. The summed E-state index contributed by atoms with van der Waals surface area (Å²) in [6.45, 7) is 2.54. The molecule has 9 heteroatoms. The quantitative estimate of drug-likeness (QED) is 0.485. The SMILES string of the molecule is CC(=O)c1csc(NC(=O)CN2C(=O)NC(C)(c3ccc4ccccc4c3)C2=O)n1. The van der Waals surface area contributed by atoms with E-state index in [2.05, 4.69) is 15.6 Å². The number of anilines is 1. The lowest BCUT2D eigenvalue weighted by atomic mass is 9.90. The van der Waals surface area contributed by atoms with E-state index in [1.54, 1.807) is 13.0 Å². The molecule has 0 saturated carbocycles. The van der Waals surface area contributed by atoms with Gasteiger partial charge in [-0.3, -0.25) is 19.3 Å². The summed E-state index contributed by atoms with van der Waals surface area (Å²) in [5.74, 6) is -1.31. The highest BCUT2D eigenvalue weighted by atomic mass is 32.1. The molecule has 2 aromatic carbocycles. The zero-order valence-corrected chi connectivity index (χ0v) is 17.1. The smallest absolute Gasteiger partial charge is 0.319 e. The lowest BCUT2D eigenvalue weighted by Crippen LogP contribution is -2.42. The highest BCUT2D eigenvalue weighted by molar-refractivity contribution is 7.14. The number of Topliss-reactive ketones (excluding diaryl/α,β-unsaturated/α-hetero) is 1. The topological polar surface area (TPSA) is 108 Å². The number of hydrogen-bond acceptors (Lipinski definition) is 6. The lowest BCUT2D eigenvalue weighted by molar-refractivity contribution is -0.133. The van der Waals surface area contributed by atoms with Gasteiger partial charge in [0.15, 0.2) is 10.9 Å². The molecule has 3 aromatic rings. The molecule has 1 aromatic heterocycles. The van der Waals surface area contributed by atoms with E-state index < -0.39 is 29.9 Å². The van der Waals surface area contributed by atoms with Crippen LogP contribution in [0.25, 0.3) is 10.8 Å². The molecule has 152 valence electrons. The van der Waals surface area contributed by atoms with Crippen LogP contribution in [0, 0.1) is 0 Å². The second-order valence-corrected chi connectivity index (χ2v) is 8.01. The number of urea groups is 1. The van der Waals surface area contributed by atoms with Gasteiger partial charge in [-0.05, 0) is 29.3 Å². The fourth-order valence-electron chi connectivity index (χ4n) is 3.33. The van der Waals surface area contributed by atoms with Gasteiger partial charge in [-0.1, -0.05) is 36.4 Å². The van der Waals surface area contributed by atoms with E-state index in [1.807, 2.05) is 36.4 Å². The van der Waals surface area contributed by atoms with Crippen LogP contribution in [-0.2, 0) is 15.1 Å². The van der Waals surface area contributed by atoms with Crippen LogP contribution >= 0.6 is 11.3 Å². The van der Waals surface area contributed by atoms with Gasteiger partial charge in [-0.25, -0.2) is 9.78 Å². The number of imide groups is 1. The van der Waals surface area contributed by atoms with E-state index in [4.69, 9.17) is 0 Å². The Kier molecular flexibility index (Phi) is 4.83. The largest absolute Gasteiger partial charge is 0.325 e. The van der Waals surface area contributed by atoms with Gasteiger partial charge in [-0.15, -0.1) is 11.3 Å². The molecule has 4 amide bonds. The summed E-state index contributed by atoms with van der Waals surface area (Å²) >= 11 is 1.10. The Morgan fingerprint density at radius 3 is 2.60 bits per heavy atom. The summed E-state index contributed by atoms with van der Waals surface area (Å²) in [5, 5.41) is 8.94. The van der Waals surface area contributed by atoms with Gasteiger partial charge in [0, 0.05) is 12.3 Å². The van der Waals surface area contributed by atoms with E-state index in [0.717, 1.165) is 27.0 Å². The molecule has 1 saturated heterocycles. The Bertz CT molecular complexity index is 1200. The number of nitrogens with one attached hydrogen (secondary N) is 2. The van der Waals surface area contributed by atoms with E-state index in [9.17, 15) is 19.2 Å². The number of ketones is 1. The van der Waals surface area contributed by atoms with Crippen molar-refractivity contribution in [3.8, 4) is 0 Å².